The summed E-state index contributed by atoms with van der Waals surface area (Å²) in [5, 5.41) is 2.75. The average molecular weight is 316 g/mol. The first kappa shape index (κ1) is 15.2. The fraction of sp³-hybridized carbons (Fsp3) is 0.412. The first-order chi connectivity index (χ1) is 10.6. The molecule has 2 aromatic rings. The van der Waals surface area contributed by atoms with Crippen LogP contribution in [0, 0.1) is 6.92 Å². The van der Waals surface area contributed by atoms with E-state index in [-0.39, 0.29) is 12.0 Å². The van der Waals surface area contributed by atoms with Crippen LogP contribution in [0.1, 0.15) is 25.3 Å². The Hall–Kier alpha value is -1.72. The van der Waals surface area contributed by atoms with Crippen LogP contribution >= 0.6 is 11.3 Å². The molecule has 1 saturated heterocycles. The van der Waals surface area contributed by atoms with Crippen molar-refractivity contribution in [2.24, 2.45) is 0 Å². The molecule has 0 spiro atoms. The molecule has 1 amide bonds. The summed E-state index contributed by atoms with van der Waals surface area (Å²) in [4.78, 5) is 18.3. The van der Waals surface area contributed by atoms with Gasteiger partial charge in [0, 0.05) is 24.5 Å². The summed E-state index contributed by atoms with van der Waals surface area (Å²) in [7, 11) is 0. The van der Waals surface area contributed by atoms with Crippen molar-refractivity contribution in [1.82, 2.24) is 4.98 Å². The maximum atomic E-state index is 12.0. The highest BCUT2D eigenvalue weighted by atomic mass is 32.1. The fourth-order valence-electron chi connectivity index (χ4n) is 2.58. The first-order valence-electron chi connectivity index (χ1n) is 7.56. The Morgan fingerprint density at radius 2 is 2.18 bits per heavy atom. The predicted molar refractivity (Wildman–Crippen MR) is 89.3 cm³/mol. The molecule has 0 N–H and O–H groups in total. The molecule has 2 heterocycles. The Balaban J connectivity index is 1.80. The Kier molecular flexibility index (Phi) is 4.55. The van der Waals surface area contributed by atoms with E-state index in [1.807, 2.05) is 5.38 Å². The standard InChI is InChI=1S/C17H20N2O2S/c1-12-5-7-14(8-6-12)16-11-22-17(18-16)19(13(2)20)10-15-4-3-9-21-15/h5-8,11,15H,3-4,9-10H2,1-2H3/t15-/m1/s1. The molecule has 0 saturated carbocycles. The predicted octanol–water partition coefficient (Wildman–Crippen LogP) is 3.65. The summed E-state index contributed by atoms with van der Waals surface area (Å²) < 4.78 is 5.64. The van der Waals surface area contributed by atoms with Crippen LogP contribution in [-0.2, 0) is 9.53 Å². The molecular formula is C17H20N2O2S. The molecule has 0 unspecified atom stereocenters. The van der Waals surface area contributed by atoms with Crippen LogP contribution in [0.2, 0.25) is 0 Å². The molecular weight excluding hydrogens is 296 g/mol. The number of aromatic nitrogens is 1. The summed E-state index contributed by atoms with van der Waals surface area (Å²) in [6.07, 6.45) is 2.22. The number of thiazole rings is 1. The number of ether oxygens (including phenoxy) is 1. The third kappa shape index (κ3) is 3.36. The van der Waals surface area contributed by atoms with Crippen LogP contribution in [0.15, 0.2) is 29.6 Å². The number of amides is 1. The average Bonchev–Trinajstić information content (AvgIpc) is 3.17. The van der Waals surface area contributed by atoms with Gasteiger partial charge in [-0.15, -0.1) is 11.3 Å². The second-order valence-corrected chi connectivity index (χ2v) is 6.48. The Bertz CT molecular complexity index is 645. The summed E-state index contributed by atoms with van der Waals surface area (Å²) in [5.74, 6) is 0.0142. The first-order valence-corrected chi connectivity index (χ1v) is 8.44. The summed E-state index contributed by atoms with van der Waals surface area (Å²) in [6.45, 7) is 5.04. The molecule has 0 bridgehead atoms. The normalized spacial score (nSPS) is 17.6. The van der Waals surface area contributed by atoms with E-state index in [4.69, 9.17) is 4.74 Å². The molecule has 0 aliphatic carbocycles. The van der Waals surface area contributed by atoms with Gasteiger partial charge in [-0.2, -0.15) is 0 Å². The number of carbonyl (C=O) groups excluding carboxylic acids is 1. The third-order valence-electron chi connectivity index (χ3n) is 3.86. The highest BCUT2D eigenvalue weighted by molar-refractivity contribution is 7.14. The molecule has 5 heteroatoms. The third-order valence-corrected chi connectivity index (χ3v) is 4.72. The van der Waals surface area contributed by atoms with Gasteiger partial charge in [0.1, 0.15) is 0 Å². The summed E-state index contributed by atoms with van der Waals surface area (Å²) >= 11 is 1.51. The molecule has 1 aliphatic rings. The van der Waals surface area contributed by atoms with Crippen molar-refractivity contribution in [3.05, 3.63) is 35.2 Å². The van der Waals surface area contributed by atoms with Gasteiger partial charge in [0.15, 0.2) is 5.13 Å². The Morgan fingerprint density at radius 3 is 2.82 bits per heavy atom. The van der Waals surface area contributed by atoms with Crippen molar-refractivity contribution in [3.8, 4) is 11.3 Å². The second-order valence-electron chi connectivity index (χ2n) is 5.65. The number of hydrogen-bond donors (Lipinski definition) is 0. The van der Waals surface area contributed by atoms with Crippen molar-refractivity contribution in [3.63, 3.8) is 0 Å². The SMILES string of the molecule is CC(=O)N(C[C@H]1CCCO1)c1nc(-c2ccc(C)cc2)cs1. The van der Waals surface area contributed by atoms with Crippen molar-refractivity contribution >= 4 is 22.4 Å². The van der Waals surface area contributed by atoms with E-state index in [1.54, 1.807) is 11.8 Å². The maximum Gasteiger partial charge on any atom is 0.225 e. The zero-order valence-corrected chi connectivity index (χ0v) is 13.7. The molecule has 22 heavy (non-hydrogen) atoms. The van der Waals surface area contributed by atoms with Gasteiger partial charge in [0.25, 0.3) is 0 Å². The van der Waals surface area contributed by atoms with Crippen LogP contribution in [0.25, 0.3) is 11.3 Å². The minimum absolute atomic E-state index is 0.0142. The van der Waals surface area contributed by atoms with Gasteiger partial charge < -0.3 is 4.74 Å². The highest BCUT2D eigenvalue weighted by Crippen LogP contribution is 2.28. The topological polar surface area (TPSA) is 42.4 Å². The quantitative estimate of drug-likeness (QED) is 0.864. The molecule has 1 aliphatic heterocycles. The summed E-state index contributed by atoms with van der Waals surface area (Å²) in [6, 6.07) is 8.27. The molecule has 116 valence electrons. The van der Waals surface area contributed by atoms with Gasteiger partial charge in [-0.05, 0) is 19.8 Å². The van der Waals surface area contributed by atoms with Gasteiger partial charge in [-0.1, -0.05) is 29.8 Å². The van der Waals surface area contributed by atoms with Gasteiger partial charge in [-0.3, -0.25) is 9.69 Å². The van der Waals surface area contributed by atoms with Crippen LogP contribution in [-0.4, -0.2) is 30.1 Å². The van der Waals surface area contributed by atoms with Crippen molar-refractivity contribution in [2.45, 2.75) is 32.8 Å². The lowest BCUT2D eigenvalue weighted by Gasteiger charge is -2.21. The lowest BCUT2D eigenvalue weighted by Crippen LogP contribution is -2.35. The lowest BCUT2D eigenvalue weighted by atomic mass is 10.1. The van der Waals surface area contributed by atoms with Crippen LogP contribution in [0.5, 0.6) is 0 Å². The van der Waals surface area contributed by atoms with E-state index >= 15 is 0 Å². The van der Waals surface area contributed by atoms with Crippen molar-refractivity contribution in [1.29, 1.82) is 0 Å². The largest absolute Gasteiger partial charge is 0.376 e. The van der Waals surface area contributed by atoms with E-state index in [9.17, 15) is 4.79 Å². The number of aryl methyl sites for hydroxylation is 1. The Morgan fingerprint density at radius 1 is 1.41 bits per heavy atom. The van der Waals surface area contributed by atoms with Crippen LogP contribution < -0.4 is 4.90 Å². The minimum Gasteiger partial charge on any atom is -0.376 e. The molecule has 1 atom stereocenters. The number of nitrogens with zero attached hydrogens (tertiary/aromatic N) is 2. The molecule has 0 radical (unpaired) electrons. The van der Waals surface area contributed by atoms with Gasteiger partial charge in [0.05, 0.1) is 18.3 Å². The molecule has 1 fully saturated rings. The monoisotopic (exact) mass is 316 g/mol. The summed E-state index contributed by atoms with van der Waals surface area (Å²) in [5.41, 5.74) is 3.22. The zero-order valence-electron chi connectivity index (χ0n) is 12.9. The minimum atomic E-state index is 0.0142. The zero-order chi connectivity index (χ0) is 15.5. The van der Waals surface area contributed by atoms with E-state index in [0.29, 0.717) is 6.54 Å². The lowest BCUT2D eigenvalue weighted by molar-refractivity contribution is -0.116. The molecule has 4 nitrogen and oxygen atoms in total. The number of carbonyl (C=O) groups is 1. The highest BCUT2D eigenvalue weighted by Gasteiger charge is 2.23. The van der Waals surface area contributed by atoms with Gasteiger partial charge in [0.2, 0.25) is 5.91 Å². The molecule has 3 rings (SSSR count). The second kappa shape index (κ2) is 6.58. The van der Waals surface area contributed by atoms with E-state index in [1.165, 1.54) is 16.9 Å². The number of rotatable bonds is 4. The van der Waals surface area contributed by atoms with Gasteiger partial charge in [-0.25, -0.2) is 4.98 Å². The number of benzene rings is 1. The van der Waals surface area contributed by atoms with Crippen LogP contribution in [0.3, 0.4) is 0 Å². The van der Waals surface area contributed by atoms with E-state index in [0.717, 1.165) is 35.8 Å². The van der Waals surface area contributed by atoms with Crippen LogP contribution in [0.4, 0.5) is 5.13 Å². The Labute approximate surface area is 134 Å². The molecule has 1 aromatic heterocycles. The number of anilines is 1. The molecule has 1 aromatic carbocycles. The maximum absolute atomic E-state index is 12.0. The van der Waals surface area contributed by atoms with Gasteiger partial charge >= 0.3 is 0 Å². The van der Waals surface area contributed by atoms with Crippen molar-refractivity contribution in [2.75, 3.05) is 18.1 Å². The number of hydrogen-bond acceptors (Lipinski definition) is 4. The van der Waals surface area contributed by atoms with E-state index in [2.05, 4.69) is 36.2 Å². The van der Waals surface area contributed by atoms with E-state index < -0.39 is 0 Å². The van der Waals surface area contributed by atoms with Crippen molar-refractivity contribution < 1.29 is 9.53 Å². The smallest absolute Gasteiger partial charge is 0.225 e. The fourth-order valence-corrected chi connectivity index (χ4v) is 3.47.